The van der Waals surface area contributed by atoms with Crippen LogP contribution in [0.3, 0.4) is 0 Å². The Morgan fingerprint density at radius 3 is 2.61 bits per heavy atom. The smallest absolute Gasteiger partial charge is 0.410 e. The van der Waals surface area contributed by atoms with Crippen LogP contribution in [-0.4, -0.2) is 68.5 Å². The number of aromatic nitrogens is 2. The maximum atomic E-state index is 17.2. The minimum atomic E-state index is -1.82. The van der Waals surface area contributed by atoms with Crippen LogP contribution in [0.15, 0.2) is 35.4 Å². The summed E-state index contributed by atoms with van der Waals surface area (Å²) < 4.78 is 40.4. The number of rotatable bonds is 7. The topological polar surface area (TPSA) is 91.5 Å². The molecule has 2 aromatic carbocycles. The minimum Gasteiger partial charge on any atom is -0.444 e. The zero-order valence-electron chi connectivity index (χ0n) is 29.0. The summed E-state index contributed by atoms with van der Waals surface area (Å²) in [6.07, 6.45) is 4.23. The number of halogens is 4. The molecule has 2 atom stereocenters. The van der Waals surface area contributed by atoms with Crippen LogP contribution >= 0.6 is 35.0 Å². The number of pyridine rings is 1. The van der Waals surface area contributed by atoms with Crippen molar-refractivity contribution in [2.45, 2.75) is 94.1 Å². The minimum absolute atomic E-state index is 0.131. The summed E-state index contributed by atoms with van der Waals surface area (Å²) in [4.78, 5) is 35.0. The van der Waals surface area contributed by atoms with Crippen LogP contribution in [0, 0.1) is 17.1 Å². The third kappa shape index (κ3) is 6.42. The molecular weight excluding hydrogens is 715 g/mol. The van der Waals surface area contributed by atoms with Gasteiger partial charge in [-0.05, 0) is 89.3 Å². The molecule has 0 radical (unpaired) electrons. The Bertz CT molecular complexity index is 2120. The molecule has 2 amide bonds. The van der Waals surface area contributed by atoms with Gasteiger partial charge in [0.25, 0.3) is 5.91 Å². The Kier molecular flexibility index (Phi) is 9.43. The van der Waals surface area contributed by atoms with Crippen molar-refractivity contribution in [2.24, 2.45) is 0 Å². The highest BCUT2D eigenvalue weighted by Gasteiger charge is 2.55. The number of hydrogen-bond donors (Lipinski definition) is 0. The van der Waals surface area contributed by atoms with Crippen molar-refractivity contribution in [1.29, 1.82) is 5.26 Å². The molecule has 7 rings (SSSR count). The van der Waals surface area contributed by atoms with Crippen molar-refractivity contribution >= 4 is 68.8 Å². The quantitative estimate of drug-likeness (QED) is 0.175. The number of fused-ring (bicyclic) bond motifs is 3. The number of benzene rings is 2. The number of amides is 2. The molecule has 2 aliphatic heterocycles. The number of alkyl halides is 1. The third-order valence-electron chi connectivity index (χ3n) is 10.1. The highest BCUT2D eigenvalue weighted by Crippen LogP contribution is 2.49. The van der Waals surface area contributed by atoms with Crippen molar-refractivity contribution in [3.8, 4) is 17.2 Å². The fraction of sp³-hybridized carbons (Fsp3) is 0.474. The maximum Gasteiger partial charge on any atom is 0.410 e. The first-order valence-electron chi connectivity index (χ1n) is 17.3. The number of ether oxygens (including phenoxy) is 1. The summed E-state index contributed by atoms with van der Waals surface area (Å²) in [5, 5.41) is 12.0. The Morgan fingerprint density at radius 2 is 1.92 bits per heavy atom. The van der Waals surface area contributed by atoms with Crippen LogP contribution < -0.4 is 0 Å². The normalized spacial score (nSPS) is 20.0. The monoisotopic (exact) mass is 753 g/mol. The molecule has 2 saturated heterocycles. The zero-order chi connectivity index (χ0) is 36.4. The van der Waals surface area contributed by atoms with Crippen LogP contribution in [0.2, 0.25) is 10.0 Å². The lowest BCUT2D eigenvalue weighted by Crippen LogP contribution is -2.39. The number of nitriles is 1. The second-order valence-electron chi connectivity index (χ2n) is 14.7. The predicted octanol–water partition coefficient (Wildman–Crippen LogP) is 9.83. The van der Waals surface area contributed by atoms with E-state index in [2.05, 4.69) is 10.6 Å². The SMILES string of the molecule is CSc1nc2c(F)c(-c3cccc(Cl)c3Cl)c(CCC#N)cc2c2c1cc(C1CCCN1C(=O)C1(F)CC1)n2C1CCN(C(=O)OC(C)(C)C)C1. The molecule has 2 aromatic heterocycles. The molecule has 0 spiro atoms. The Morgan fingerprint density at radius 1 is 1.16 bits per heavy atom. The summed E-state index contributed by atoms with van der Waals surface area (Å²) in [7, 11) is 0. The molecule has 0 N–H and O–H groups in total. The third-order valence-corrected chi connectivity index (χ3v) is 11.6. The van der Waals surface area contributed by atoms with E-state index in [1.807, 2.05) is 39.2 Å². The van der Waals surface area contributed by atoms with Gasteiger partial charge in [0, 0.05) is 53.6 Å². The van der Waals surface area contributed by atoms with E-state index in [9.17, 15) is 14.9 Å². The Balaban J connectivity index is 1.49. The molecule has 8 nitrogen and oxygen atoms in total. The van der Waals surface area contributed by atoms with Crippen LogP contribution in [0.1, 0.15) is 82.6 Å². The van der Waals surface area contributed by atoms with Crippen molar-refractivity contribution in [3.05, 3.63) is 57.5 Å². The molecule has 268 valence electrons. The zero-order valence-corrected chi connectivity index (χ0v) is 31.3. The van der Waals surface area contributed by atoms with Crippen LogP contribution in [0.4, 0.5) is 13.6 Å². The van der Waals surface area contributed by atoms with Gasteiger partial charge in [-0.2, -0.15) is 5.26 Å². The van der Waals surface area contributed by atoms with E-state index in [0.29, 0.717) is 60.4 Å². The number of thioether (sulfide) groups is 1. The summed E-state index contributed by atoms with van der Waals surface area (Å²) >= 11 is 14.4. The van der Waals surface area contributed by atoms with Gasteiger partial charge < -0.3 is 19.1 Å². The molecule has 4 heterocycles. The fourth-order valence-corrected chi connectivity index (χ4v) is 8.60. The highest BCUT2D eigenvalue weighted by molar-refractivity contribution is 7.98. The van der Waals surface area contributed by atoms with Crippen LogP contribution in [0.5, 0.6) is 0 Å². The molecule has 1 aliphatic carbocycles. The average Bonchev–Trinajstić information content (AvgIpc) is 3.46. The molecule has 1 saturated carbocycles. The Labute approximate surface area is 310 Å². The summed E-state index contributed by atoms with van der Waals surface area (Å²) in [6.45, 7) is 6.69. The second-order valence-corrected chi connectivity index (χ2v) is 16.3. The van der Waals surface area contributed by atoms with E-state index in [4.69, 9.17) is 32.9 Å². The lowest BCUT2D eigenvalue weighted by Gasteiger charge is -2.29. The van der Waals surface area contributed by atoms with Gasteiger partial charge in [0.1, 0.15) is 16.1 Å². The molecule has 2 unspecified atom stereocenters. The predicted molar refractivity (Wildman–Crippen MR) is 197 cm³/mol. The average molecular weight is 755 g/mol. The van der Waals surface area contributed by atoms with E-state index >= 15 is 8.78 Å². The summed E-state index contributed by atoms with van der Waals surface area (Å²) in [5.74, 6) is -1.06. The van der Waals surface area contributed by atoms with Crippen molar-refractivity contribution in [2.75, 3.05) is 25.9 Å². The van der Waals surface area contributed by atoms with Gasteiger partial charge in [0.05, 0.1) is 33.7 Å². The van der Waals surface area contributed by atoms with Crippen molar-refractivity contribution in [3.63, 3.8) is 0 Å². The van der Waals surface area contributed by atoms with E-state index in [0.717, 1.165) is 16.6 Å². The van der Waals surface area contributed by atoms with E-state index < -0.39 is 35.1 Å². The van der Waals surface area contributed by atoms with Crippen molar-refractivity contribution < 1.29 is 23.1 Å². The summed E-state index contributed by atoms with van der Waals surface area (Å²) in [6, 6.07) is 10.5. The molecule has 3 aliphatic rings. The van der Waals surface area contributed by atoms with Crippen molar-refractivity contribution in [1.82, 2.24) is 19.4 Å². The first kappa shape index (κ1) is 35.8. The highest BCUT2D eigenvalue weighted by atomic mass is 35.5. The van der Waals surface area contributed by atoms with Gasteiger partial charge in [0.15, 0.2) is 11.5 Å². The van der Waals surface area contributed by atoms with Gasteiger partial charge in [0.2, 0.25) is 0 Å². The molecule has 0 bridgehead atoms. The van der Waals surface area contributed by atoms with Gasteiger partial charge in [-0.1, -0.05) is 35.3 Å². The van der Waals surface area contributed by atoms with Gasteiger partial charge >= 0.3 is 6.09 Å². The van der Waals surface area contributed by atoms with Crippen LogP contribution in [-0.2, 0) is 16.0 Å². The number of likely N-dealkylation sites (tertiary alicyclic amines) is 2. The van der Waals surface area contributed by atoms with Gasteiger partial charge in [-0.25, -0.2) is 18.6 Å². The van der Waals surface area contributed by atoms with E-state index in [1.165, 1.54) is 11.8 Å². The number of nitrogens with zero attached hydrogens (tertiary/aromatic N) is 5. The largest absolute Gasteiger partial charge is 0.444 e. The lowest BCUT2D eigenvalue weighted by atomic mass is 9.93. The first-order chi connectivity index (χ1) is 24.3. The lowest BCUT2D eigenvalue weighted by molar-refractivity contribution is -0.139. The first-order valence-corrected chi connectivity index (χ1v) is 19.3. The summed E-state index contributed by atoms with van der Waals surface area (Å²) in [5.41, 5.74) is 0.383. The fourth-order valence-electron chi connectivity index (χ4n) is 7.65. The number of carbonyl (C=O) groups excluding carboxylic acids is 2. The van der Waals surface area contributed by atoms with Gasteiger partial charge in [-0.3, -0.25) is 4.79 Å². The molecule has 3 fully saturated rings. The maximum absolute atomic E-state index is 17.2. The number of carbonyl (C=O) groups is 2. The standard InChI is InChI=1S/C38H39Cl2F2N5O3S/c1-37(2,3)50-36(49)45-17-12-22(20-45)47-28(27-11-7-16-46(27)35(48)38(42)13-14-38)19-25-33(47)24-18-21(8-6-15-43)29(23-9-5-10-26(39)30(23)40)31(41)32(24)44-34(25)51-4/h5,9-10,18-19,22,27H,6-8,11-14,16-17,20H2,1-4H3. The van der Waals surface area contributed by atoms with E-state index in [-0.39, 0.29) is 52.9 Å². The number of hydrogen-bond acceptors (Lipinski definition) is 6. The number of aryl methyl sites for hydroxylation is 1. The molecule has 51 heavy (non-hydrogen) atoms. The van der Waals surface area contributed by atoms with Gasteiger partial charge in [-0.15, -0.1) is 11.8 Å². The van der Waals surface area contributed by atoms with Crippen LogP contribution in [0.25, 0.3) is 32.9 Å². The molecular formula is C38H39Cl2F2N5O3S. The molecule has 4 aromatic rings. The second kappa shape index (κ2) is 13.4. The van der Waals surface area contributed by atoms with E-state index in [1.54, 1.807) is 28.0 Å². The Hall–Kier alpha value is -3.59. The molecule has 13 heteroatoms.